The van der Waals surface area contributed by atoms with Gasteiger partial charge in [0.1, 0.15) is 17.6 Å². The molecule has 11 heteroatoms. The zero-order valence-corrected chi connectivity index (χ0v) is 18.5. The lowest BCUT2D eigenvalue weighted by atomic mass is 9.87. The normalized spacial score (nSPS) is 13.0. The molecule has 0 aliphatic heterocycles. The van der Waals surface area contributed by atoms with Crippen LogP contribution in [0.2, 0.25) is 0 Å². The van der Waals surface area contributed by atoms with Gasteiger partial charge in [0.25, 0.3) is 5.56 Å². The molecule has 0 saturated carbocycles. The van der Waals surface area contributed by atoms with Crippen molar-refractivity contribution < 1.29 is 27.6 Å². The molecular formula is C24H21F3N4O4. The van der Waals surface area contributed by atoms with Crippen LogP contribution in [0.4, 0.5) is 18.9 Å². The van der Waals surface area contributed by atoms with Crippen molar-refractivity contribution in [3.63, 3.8) is 0 Å². The van der Waals surface area contributed by atoms with E-state index in [1.54, 1.807) is 36.4 Å². The molecule has 182 valence electrons. The molecule has 3 aromatic rings. The second-order valence-corrected chi connectivity index (χ2v) is 7.72. The molecule has 3 N–H and O–H groups in total. The van der Waals surface area contributed by atoms with Crippen molar-refractivity contribution in [3.05, 3.63) is 82.8 Å². The fraction of sp³-hybridized carbons (Fsp3) is 0.208. The molecule has 3 rings (SSSR count). The Kier molecular flexibility index (Phi) is 7.48. The minimum atomic E-state index is -5.31. The minimum Gasteiger partial charge on any atom is -0.368 e. The first-order valence-electron chi connectivity index (χ1n) is 10.4. The number of hydrogen-bond acceptors (Lipinski definition) is 5. The number of nitrogens with zero attached hydrogens (tertiary/aromatic N) is 2. The number of halogens is 3. The van der Waals surface area contributed by atoms with Gasteiger partial charge < -0.3 is 11.1 Å². The summed E-state index contributed by atoms with van der Waals surface area (Å²) >= 11 is 0. The molecule has 2 atom stereocenters. The number of primary amides is 1. The monoisotopic (exact) mass is 486 g/mol. The molecule has 35 heavy (non-hydrogen) atoms. The maximum Gasteiger partial charge on any atom is 0.450 e. The molecule has 0 saturated heterocycles. The van der Waals surface area contributed by atoms with Gasteiger partial charge in [0, 0.05) is 12.5 Å². The van der Waals surface area contributed by atoms with Crippen molar-refractivity contribution in [1.82, 2.24) is 9.55 Å². The Bertz CT molecular complexity index is 1290. The molecular weight excluding hydrogens is 465 g/mol. The topological polar surface area (TPSA) is 124 Å². The van der Waals surface area contributed by atoms with Crippen LogP contribution in [-0.4, -0.2) is 33.3 Å². The number of nitrogens with one attached hydrogen (secondary N) is 1. The van der Waals surface area contributed by atoms with Crippen LogP contribution in [0.1, 0.15) is 18.5 Å². The fourth-order valence-corrected chi connectivity index (χ4v) is 3.73. The van der Waals surface area contributed by atoms with E-state index in [4.69, 9.17) is 5.73 Å². The molecule has 0 aliphatic carbocycles. The predicted octanol–water partition coefficient (Wildman–Crippen LogP) is 2.89. The van der Waals surface area contributed by atoms with Crippen LogP contribution in [0.3, 0.4) is 0 Å². The average Bonchev–Trinajstić information content (AvgIpc) is 2.80. The Morgan fingerprint density at radius 1 is 1.03 bits per heavy atom. The highest BCUT2D eigenvalue weighted by Gasteiger charge is 2.48. The summed E-state index contributed by atoms with van der Waals surface area (Å²) in [4.78, 5) is 54.3. The smallest absolute Gasteiger partial charge is 0.368 e. The molecule has 0 spiro atoms. The Morgan fingerprint density at radius 2 is 1.60 bits per heavy atom. The summed E-state index contributed by atoms with van der Waals surface area (Å²) < 4.78 is 41.6. The quantitative estimate of drug-likeness (QED) is 0.507. The van der Waals surface area contributed by atoms with Crippen LogP contribution in [0.5, 0.6) is 0 Å². The summed E-state index contributed by atoms with van der Waals surface area (Å²) in [5.74, 6) is -6.48. The number of anilines is 1. The van der Waals surface area contributed by atoms with Crippen molar-refractivity contribution in [2.75, 3.05) is 5.32 Å². The lowest BCUT2D eigenvalue weighted by Gasteiger charge is -2.28. The van der Waals surface area contributed by atoms with Gasteiger partial charge in [-0.2, -0.15) is 13.2 Å². The fourth-order valence-electron chi connectivity index (χ4n) is 3.73. The number of alkyl halides is 3. The van der Waals surface area contributed by atoms with Gasteiger partial charge in [-0.25, -0.2) is 4.98 Å². The van der Waals surface area contributed by atoms with Crippen LogP contribution in [0.15, 0.2) is 71.7 Å². The highest BCUT2D eigenvalue weighted by atomic mass is 19.4. The molecule has 1 aromatic heterocycles. The van der Waals surface area contributed by atoms with E-state index in [0.29, 0.717) is 10.1 Å². The van der Waals surface area contributed by atoms with Crippen LogP contribution in [-0.2, 0) is 20.8 Å². The number of benzene rings is 2. The summed E-state index contributed by atoms with van der Waals surface area (Å²) in [5.41, 5.74) is 4.72. The van der Waals surface area contributed by atoms with E-state index in [1.165, 1.54) is 24.3 Å². The summed E-state index contributed by atoms with van der Waals surface area (Å²) in [6.45, 7) is 1.12. The van der Waals surface area contributed by atoms with Crippen LogP contribution < -0.4 is 16.6 Å². The predicted molar refractivity (Wildman–Crippen MR) is 121 cm³/mol. The Labute approximate surface area is 197 Å². The summed E-state index contributed by atoms with van der Waals surface area (Å²) in [7, 11) is 0. The molecule has 1 heterocycles. The van der Waals surface area contributed by atoms with E-state index in [-0.39, 0.29) is 17.1 Å². The van der Waals surface area contributed by atoms with E-state index in [1.807, 2.05) is 0 Å². The van der Waals surface area contributed by atoms with E-state index in [9.17, 15) is 32.3 Å². The van der Waals surface area contributed by atoms with E-state index in [2.05, 4.69) is 10.3 Å². The number of carbonyl (C=O) groups excluding carboxylic acids is 3. The first-order chi connectivity index (χ1) is 16.5. The highest BCUT2D eigenvalue weighted by Crippen LogP contribution is 2.33. The lowest BCUT2D eigenvalue weighted by molar-refractivity contribution is -0.177. The third-order valence-corrected chi connectivity index (χ3v) is 5.20. The molecule has 8 nitrogen and oxygen atoms in total. The maximum atomic E-state index is 13.7. The van der Waals surface area contributed by atoms with Crippen molar-refractivity contribution in [2.24, 2.45) is 11.7 Å². The van der Waals surface area contributed by atoms with Crippen LogP contribution in [0, 0.1) is 5.92 Å². The molecule has 0 radical (unpaired) electrons. The van der Waals surface area contributed by atoms with E-state index >= 15 is 0 Å². The third-order valence-electron chi connectivity index (χ3n) is 5.20. The standard InChI is InChI=1S/C24H21F3N4O4/c1-14(32)30-18-13-29-22(16-10-6-3-7-11-16)31(23(18)35)19(21(28)34)17(20(33)24(25,26)27)12-15-8-4-2-5-9-15/h2-11,13,17,19H,12H2,1H3,(H2,28,34)(H,30,32). The van der Waals surface area contributed by atoms with Gasteiger partial charge in [0.05, 0.1) is 12.1 Å². The Hall–Kier alpha value is -4.28. The molecule has 2 amide bonds. The first kappa shape index (κ1) is 25.3. The van der Waals surface area contributed by atoms with Gasteiger partial charge in [0.2, 0.25) is 17.6 Å². The number of rotatable bonds is 8. The number of carbonyl (C=O) groups is 3. The Morgan fingerprint density at radius 3 is 2.11 bits per heavy atom. The van der Waals surface area contributed by atoms with Crippen LogP contribution >= 0.6 is 0 Å². The number of hydrogen-bond donors (Lipinski definition) is 2. The van der Waals surface area contributed by atoms with Crippen molar-refractivity contribution in [3.8, 4) is 11.4 Å². The molecule has 0 fully saturated rings. The molecule has 0 bridgehead atoms. The molecule has 0 aliphatic rings. The van der Waals surface area contributed by atoms with Crippen molar-refractivity contribution >= 4 is 23.3 Å². The third kappa shape index (κ3) is 5.81. The van der Waals surface area contributed by atoms with Gasteiger partial charge in [0.15, 0.2) is 0 Å². The zero-order chi connectivity index (χ0) is 25.8. The Balaban J connectivity index is 2.31. The van der Waals surface area contributed by atoms with E-state index in [0.717, 1.165) is 13.1 Å². The van der Waals surface area contributed by atoms with Gasteiger partial charge >= 0.3 is 6.18 Å². The van der Waals surface area contributed by atoms with Gasteiger partial charge in [-0.15, -0.1) is 0 Å². The van der Waals surface area contributed by atoms with Gasteiger partial charge in [-0.1, -0.05) is 60.7 Å². The largest absolute Gasteiger partial charge is 0.450 e. The number of Topliss-reactive ketones (excluding diaryl/α,β-unsaturated/α-hetero) is 1. The number of ketones is 1. The van der Waals surface area contributed by atoms with Gasteiger partial charge in [-0.3, -0.25) is 23.7 Å². The van der Waals surface area contributed by atoms with E-state index < -0.39 is 47.7 Å². The molecule has 2 unspecified atom stereocenters. The van der Waals surface area contributed by atoms with Gasteiger partial charge in [-0.05, 0) is 12.0 Å². The summed E-state index contributed by atoms with van der Waals surface area (Å²) in [6, 6.07) is 13.6. The summed E-state index contributed by atoms with van der Waals surface area (Å²) in [6.07, 6.45) is -4.82. The highest BCUT2D eigenvalue weighted by molar-refractivity contribution is 5.93. The number of aromatic nitrogens is 2. The second kappa shape index (κ2) is 10.3. The first-order valence-corrected chi connectivity index (χ1v) is 10.4. The second-order valence-electron chi connectivity index (χ2n) is 7.72. The number of nitrogens with two attached hydrogens (primary N) is 1. The lowest BCUT2D eigenvalue weighted by Crippen LogP contribution is -2.46. The van der Waals surface area contributed by atoms with Crippen molar-refractivity contribution in [2.45, 2.75) is 25.6 Å². The van der Waals surface area contributed by atoms with Crippen LogP contribution in [0.25, 0.3) is 11.4 Å². The SMILES string of the molecule is CC(=O)Nc1cnc(-c2ccccc2)n(C(C(N)=O)C(Cc2ccccc2)C(=O)C(F)(F)F)c1=O. The summed E-state index contributed by atoms with van der Waals surface area (Å²) in [5, 5.41) is 2.24. The average molecular weight is 486 g/mol. The minimum absolute atomic E-state index is 0.193. The zero-order valence-electron chi connectivity index (χ0n) is 18.5. The number of amides is 2. The molecule has 2 aromatic carbocycles. The maximum absolute atomic E-state index is 13.7. The van der Waals surface area contributed by atoms with Crippen molar-refractivity contribution in [1.29, 1.82) is 0 Å².